The van der Waals surface area contributed by atoms with E-state index in [2.05, 4.69) is 25.4 Å². The maximum atomic E-state index is 12.0. The van der Waals surface area contributed by atoms with Crippen LogP contribution in [0.3, 0.4) is 0 Å². The highest BCUT2D eigenvalue weighted by molar-refractivity contribution is 7.89. The molecule has 1 aliphatic carbocycles. The molecule has 2 aromatic heterocycles. The number of nitrogens with one attached hydrogen (secondary N) is 3. The van der Waals surface area contributed by atoms with E-state index in [4.69, 9.17) is 4.52 Å². The largest absolute Gasteiger partial charge is 0.361 e. The van der Waals surface area contributed by atoms with Crippen LogP contribution in [0.4, 0.5) is 5.82 Å². The second-order valence-electron chi connectivity index (χ2n) is 6.60. The van der Waals surface area contributed by atoms with E-state index in [1.54, 1.807) is 26.0 Å². The summed E-state index contributed by atoms with van der Waals surface area (Å²) in [5.74, 6) is 0.976. The van der Waals surface area contributed by atoms with Gasteiger partial charge in [0.25, 0.3) is 0 Å². The van der Waals surface area contributed by atoms with Crippen LogP contribution in [0.1, 0.15) is 49.3 Å². The van der Waals surface area contributed by atoms with Crippen LogP contribution in [-0.2, 0) is 21.2 Å². The van der Waals surface area contributed by atoms with E-state index in [0.717, 1.165) is 24.2 Å². The van der Waals surface area contributed by atoms with Crippen LogP contribution in [-0.4, -0.2) is 41.5 Å². The second-order valence-corrected chi connectivity index (χ2v) is 8.64. The number of sulfonamides is 1. The van der Waals surface area contributed by atoms with Crippen LogP contribution in [0.15, 0.2) is 16.7 Å². The summed E-state index contributed by atoms with van der Waals surface area (Å²) in [6.45, 7) is 3.42. The molecule has 1 amide bonds. The molecule has 2 heterocycles. The van der Waals surface area contributed by atoms with Crippen molar-refractivity contribution < 1.29 is 17.7 Å². The SMILES string of the molecule is CCS(=O)(=O)N[C@H]1CC[C@@H](c2cc(NC(=O)Cc3cc(C)no3)n[nH]2)C1. The number of rotatable bonds is 7. The quantitative estimate of drug-likeness (QED) is 0.666. The standard InChI is InChI=1S/C16H23N5O4S/c1-3-26(23,24)21-12-5-4-11(7-12)14-9-15(19-18-14)17-16(22)8-13-6-10(2)20-25-13/h6,9,11-12,21H,3-5,7-8H2,1-2H3,(H2,17,18,19,22)/t11-,12+/m1/s1. The number of aromatic amines is 1. The number of aryl methyl sites for hydroxylation is 1. The molecule has 10 heteroatoms. The van der Waals surface area contributed by atoms with Crippen LogP contribution < -0.4 is 10.0 Å². The molecule has 0 saturated heterocycles. The van der Waals surface area contributed by atoms with E-state index < -0.39 is 10.0 Å². The molecule has 142 valence electrons. The Hall–Kier alpha value is -2.20. The summed E-state index contributed by atoms with van der Waals surface area (Å²) < 4.78 is 31.1. The number of hydrogen-bond acceptors (Lipinski definition) is 6. The molecule has 3 rings (SSSR count). The topological polar surface area (TPSA) is 130 Å². The number of anilines is 1. The lowest BCUT2D eigenvalue weighted by atomic mass is 10.0. The molecule has 2 aromatic rings. The first-order valence-electron chi connectivity index (χ1n) is 8.62. The first-order valence-corrected chi connectivity index (χ1v) is 10.3. The van der Waals surface area contributed by atoms with E-state index in [1.165, 1.54) is 0 Å². The smallest absolute Gasteiger partial charge is 0.233 e. The molecule has 0 radical (unpaired) electrons. The number of hydrogen-bond donors (Lipinski definition) is 3. The summed E-state index contributed by atoms with van der Waals surface area (Å²) in [6, 6.07) is 3.46. The molecule has 1 aliphatic rings. The molecule has 26 heavy (non-hydrogen) atoms. The number of carbonyl (C=O) groups excluding carboxylic acids is 1. The van der Waals surface area contributed by atoms with Gasteiger partial charge in [0.1, 0.15) is 5.76 Å². The van der Waals surface area contributed by atoms with Crippen molar-refractivity contribution in [2.24, 2.45) is 0 Å². The van der Waals surface area contributed by atoms with Crippen LogP contribution >= 0.6 is 0 Å². The van der Waals surface area contributed by atoms with Gasteiger partial charge in [0, 0.05) is 29.8 Å². The van der Waals surface area contributed by atoms with Crippen molar-refractivity contribution in [1.29, 1.82) is 0 Å². The van der Waals surface area contributed by atoms with E-state index in [1.807, 2.05) is 0 Å². The van der Waals surface area contributed by atoms with Gasteiger partial charge in [-0.1, -0.05) is 5.16 Å². The van der Waals surface area contributed by atoms with Gasteiger partial charge < -0.3 is 9.84 Å². The molecule has 1 fully saturated rings. The third-order valence-electron chi connectivity index (χ3n) is 4.48. The molecule has 0 spiro atoms. The van der Waals surface area contributed by atoms with Gasteiger partial charge in [-0.3, -0.25) is 9.89 Å². The summed E-state index contributed by atoms with van der Waals surface area (Å²) in [5.41, 5.74) is 1.62. The van der Waals surface area contributed by atoms with Gasteiger partial charge in [-0.15, -0.1) is 0 Å². The zero-order valence-electron chi connectivity index (χ0n) is 14.8. The van der Waals surface area contributed by atoms with Gasteiger partial charge in [0.05, 0.1) is 17.9 Å². The Bertz CT molecular complexity index is 873. The number of nitrogens with zero attached hydrogens (tertiary/aromatic N) is 2. The monoisotopic (exact) mass is 381 g/mol. The van der Waals surface area contributed by atoms with E-state index in [9.17, 15) is 13.2 Å². The van der Waals surface area contributed by atoms with Crippen molar-refractivity contribution >= 4 is 21.7 Å². The minimum absolute atomic E-state index is 0.0546. The van der Waals surface area contributed by atoms with Crippen molar-refractivity contribution in [2.75, 3.05) is 11.1 Å². The molecule has 0 unspecified atom stereocenters. The van der Waals surface area contributed by atoms with E-state index >= 15 is 0 Å². The van der Waals surface area contributed by atoms with Crippen LogP contribution in [0.25, 0.3) is 0 Å². The lowest BCUT2D eigenvalue weighted by molar-refractivity contribution is -0.115. The van der Waals surface area contributed by atoms with Gasteiger partial charge in [0.2, 0.25) is 15.9 Å². The van der Waals surface area contributed by atoms with Crippen LogP contribution in [0, 0.1) is 6.92 Å². The Labute approximate surface area is 152 Å². The summed E-state index contributed by atoms with van der Waals surface area (Å²) in [6.07, 6.45) is 2.46. The van der Waals surface area contributed by atoms with Gasteiger partial charge in [0.15, 0.2) is 5.82 Å². The molecule has 0 aromatic carbocycles. The third-order valence-corrected chi connectivity index (χ3v) is 5.93. The van der Waals surface area contributed by atoms with Gasteiger partial charge in [-0.25, -0.2) is 13.1 Å². The minimum Gasteiger partial charge on any atom is -0.361 e. The number of carbonyl (C=O) groups is 1. The minimum atomic E-state index is -3.19. The average molecular weight is 381 g/mol. The summed E-state index contributed by atoms with van der Waals surface area (Å²) >= 11 is 0. The predicted octanol–water partition coefficient (Wildman–Crippen LogP) is 1.46. The van der Waals surface area contributed by atoms with Crippen LogP contribution in [0.2, 0.25) is 0 Å². The zero-order chi connectivity index (χ0) is 18.7. The lowest BCUT2D eigenvalue weighted by Crippen LogP contribution is -2.34. The first-order chi connectivity index (χ1) is 12.3. The normalized spacial score (nSPS) is 20.4. The number of amides is 1. The molecule has 0 bridgehead atoms. The number of aromatic nitrogens is 3. The maximum absolute atomic E-state index is 12.0. The van der Waals surface area contributed by atoms with Crippen molar-refractivity contribution in [3.05, 3.63) is 29.3 Å². The Morgan fingerprint density at radius 1 is 1.38 bits per heavy atom. The van der Waals surface area contributed by atoms with Crippen molar-refractivity contribution in [1.82, 2.24) is 20.1 Å². The zero-order valence-corrected chi connectivity index (χ0v) is 15.6. The summed E-state index contributed by atoms with van der Waals surface area (Å²) in [7, 11) is -3.19. The first kappa shape index (κ1) is 18.6. The fourth-order valence-corrected chi connectivity index (χ4v) is 4.05. The molecule has 1 saturated carbocycles. The molecule has 0 aliphatic heterocycles. The molecular weight excluding hydrogens is 358 g/mol. The van der Waals surface area contributed by atoms with E-state index in [-0.39, 0.29) is 30.0 Å². The molecule has 3 N–H and O–H groups in total. The predicted molar refractivity (Wildman–Crippen MR) is 95.1 cm³/mol. The van der Waals surface area contributed by atoms with Crippen molar-refractivity contribution in [3.8, 4) is 0 Å². The van der Waals surface area contributed by atoms with Crippen molar-refractivity contribution in [2.45, 2.75) is 51.5 Å². The molecular formula is C16H23N5O4S. The van der Waals surface area contributed by atoms with Gasteiger partial charge in [-0.05, 0) is 33.1 Å². The van der Waals surface area contributed by atoms with Crippen molar-refractivity contribution in [3.63, 3.8) is 0 Å². The Balaban J connectivity index is 1.54. The Kier molecular flexibility index (Phi) is 5.42. The van der Waals surface area contributed by atoms with Crippen LogP contribution in [0.5, 0.6) is 0 Å². The van der Waals surface area contributed by atoms with E-state index in [0.29, 0.717) is 18.0 Å². The second kappa shape index (κ2) is 7.58. The van der Waals surface area contributed by atoms with Gasteiger partial charge >= 0.3 is 0 Å². The maximum Gasteiger partial charge on any atom is 0.233 e. The Morgan fingerprint density at radius 2 is 2.19 bits per heavy atom. The highest BCUT2D eigenvalue weighted by Gasteiger charge is 2.29. The average Bonchev–Trinajstić information content (AvgIpc) is 3.29. The highest BCUT2D eigenvalue weighted by atomic mass is 32.2. The molecule has 2 atom stereocenters. The third kappa shape index (κ3) is 4.70. The fourth-order valence-electron chi connectivity index (χ4n) is 3.16. The lowest BCUT2D eigenvalue weighted by Gasteiger charge is -2.12. The highest BCUT2D eigenvalue weighted by Crippen LogP contribution is 2.34. The molecule has 9 nitrogen and oxygen atoms in total. The fraction of sp³-hybridized carbons (Fsp3) is 0.562. The van der Waals surface area contributed by atoms with Gasteiger partial charge in [-0.2, -0.15) is 5.10 Å². The summed E-state index contributed by atoms with van der Waals surface area (Å²) in [4.78, 5) is 12.0. The Morgan fingerprint density at radius 3 is 2.88 bits per heavy atom. The number of H-pyrrole nitrogens is 1. The summed E-state index contributed by atoms with van der Waals surface area (Å²) in [5, 5.41) is 13.5.